The first-order valence-electron chi connectivity index (χ1n) is 8.50. The van der Waals surface area contributed by atoms with Crippen LogP contribution < -0.4 is 10.1 Å². The van der Waals surface area contributed by atoms with Crippen LogP contribution in [0.4, 0.5) is 10.6 Å². The zero-order valence-corrected chi connectivity index (χ0v) is 16.9. The number of hydrogen-bond acceptors (Lipinski definition) is 7. The van der Waals surface area contributed by atoms with Gasteiger partial charge in [-0.1, -0.05) is 12.8 Å². The molecule has 1 aromatic carbocycles. The summed E-state index contributed by atoms with van der Waals surface area (Å²) < 4.78 is 6.43. The Morgan fingerprint density at radius 1 is 1.21 bits per heavy atom. The number of rotatable bonds is 3. The van der Waals surface area contributed by atoms with Gasteiger partial charge < -0.3 is 9.84 Å². The molecule has 2 N–H and O–H groups in total. The Kier molecular flexibility index (Phi) is 5.28. The van der Waals surface area contributed by atoms with E-state index in [0.717, 1.165) is 5.56 Å². The van der Waals surface area contributed by atoms with E-state index in [2.05, 4.69) is 33.1 Å². The smallest absolute Gasteiger partial charge is 0.333 e. The maximum atomic E-state index is 12.3. The molecule has 3 aromatic rings. The van der Waals surface area contributed by atoms with E-state index in [1.165, 1.54) is 23.7 Å². The van der Waals surface area contributed by atoms with Crippen molar-refractivity contribution >= 4 is 35.8 Å². The minimum absolute atomic E-state index is 0.0481. The van der Waals surface area contributed by atoms with Crippen LogP contribution in [0.2, 0.25) is 0 Å². The van der Waals surface area contributed by atoms with Crippen LogP contribution in [0, 0.1) is 0 Å². The fourth-order valence-corrected chi connectivity index (χ4v) is 2.47. The van der Waals surface area contributed by atoms with Crippen LogP contribution in [0.25, 0.3) is 22.4 Å². The molecule has 0 aliphatic heterocycles. The number of anilines is 1. The average Bonchev–Trinajstić information content (AvgIpc) is 2.66. The van der Waals surface area contributed by atoms with Gasteiger partial charge in [-0.3, -0.25) is 9.62 Å². The van der Waals surface area contributed by atoms with Crippen molar-refractivity contribution in [2.75, 3.05) is 12.4 Å². The number of phenolic OH excluding ortho intramolecular Hbond substituents is 1. The number of methoxy groups -OCH3 is 1. The Hall–Kier alpha value is -3.07. The van der Waals surface area contributed by atoms with Crippen molar-refractivity contribution in [3.63, 3.8) is 0 Å². The molecule has 0 radical (unpaired) electrons. The SMILES string of the molecule is COc1cc(-c2ccc3ncc(NC(=O)N(S)C(C)(C)C)nc3n2)ccc1O. The summed E-state index contributed by atoms with van der Waals surface area (Å²) in [6.45, 7) is 5.60. The van der Waals surface area contributed by atoms with E-state index in [1.54, 1.807) is 24.3 Å². The number of carbonyl (C=O) groups is 1. The van der Waals surface area contributed by atoms with E-state index in [9.17, 15) is 9.90 Å². The van der Waals surface area contributed by atoms with Crippen molar-refractivity contribution in [1.29, 1.82) is 0 Å². The fourth-order valence-electron chi connectivity index (χ4n) is 2.42. The molecule has 8 nitrogen and oxygen atoms in total. The number of benzene rings is 1. The Morgan fingerprint density at radius 2 is 1.96 bits per heavy atom. The third-order valence-corrected chi connectivity index (χ3v) is 4.73. The molecule has 0 bridgehead atoms. The first-order valence-corrected chi connectivity index (χ1v) is 8.90. The molecule has 0 saturated heterocycles. The highest BCUT2D eigenvalue weighted by Gasteiger charge is 2.24. The molecule has 0 saturated carbocycles. The number of amides is 2. The molecule has 146 valence electrons. The van der Waals surface area contributed by atoms with Gasteiger partial charge in [0.2, 0.25) is 0 Å². The molecule has 0 aliphatic carbocycles. The first kappa shape index (κ1) is 19.7. The van der Waals surface area contributed by atoms with Gasteiger partial charge in [-0.15, -0.1) is 0 Å². The van der Waals surface area contributed by atoms with Crippen LogP contribution in [0.15, 0.2) is 36.5 Å². The molecule has 9 heteroatoms. The lowest BCUT2D eigenvalue weighted by atomic mass is 10.1. The molecule has 2 heterocycles. The number of nitrogens with one attached hydrogen (secondary N) is 1. The Morgan fingerprint density at radius 3 is 2.64 bits per heavy atom. The van der Waals surface area contributed by atoms with Gasteiger partial charge in [0.25, 0.3) is 0 Å². The molecule has 0 spiro atoms. The number of nitrogens with zero attached hydrogens (tertiary/aromatic N) is 4. The summed E-state index contributed by atoms with van der Waals surface area (Å²) in [7, 11) is 1.48. The molecule has 2 amide bonds. The molecule has 0 aliphatic rings. The lowest BCUT2D eigenvalue weighted by Crippen LogP contribution is -2.41. The number of carbonyl (C=O) groups excluding carboxylic acids is 1. The molecule has 3 rings (SSSR count). The number of pyridine rings is 1. The highest BCUT2D eigenvalue weighted by atomic mass is 32.1. The van der Waals surface area contributed by atoms with E-state index >= 15 is 0 Å². The van der Waals surface area contributed by atoms with Crippen molar-refractivity contribution in [1.82, 2.24) is 19.3 Å². The number of urea groups is 1. The summed E-state index contributed by atoms with van der Waals surface area (Å²) >= 11 is 4.23. The summed E-state index contributed by atoms with van der Waals surface area (Å²) in [5.74, 6) is 0.670. The van der Waals surface area contributed by atoms with E-state index in [4.69, 9.17) is 4.74 Å². The third-order valence-electron chi connectivity index (χ3n) is 3.95. The van der Waals surface area contributed by atoms with E-state index in [0.29, 0.717) is 22.6 Å². The normalized spacial score (nSPS) is 11.3. The van der Waals surface area contributed by atoms with E-state index in [1.807, 2.05) is 20.8 Å². The second kappa shape index (κ2) is 7.51. The molecule has 2 aromatic heterocycles. The fraction of sp³-hybridized carbons (Fsp3) is 0.263. The highest BCUT2D eigenvalue weighted by molar-refractivity contribution is 7.78. The van der Waals surface area contributed by atoms with Gasteiger partial charge in [0, 0.05) is 11.1 Å². The van der Waals surface area contributed by atoms with Crippen LogP contribution >= 0.6 is 12.8 Å². The Labute approximate surface area is 168 Å². The van der Waals surface area contributed by atoms with Gasteiger partial charge in [0.15, 0.2) is 23.0 Å². The standard InChI is InChI=1S/C19H21N5O3S/c1-19(2,3)24(28)18(26)23-16-10-20-13-7-6-12(21-17(13)22-16)11-5-8-14(25)15(9-11)27-4/h5-10,25,28H,1-4H3,(H,21,22,23,26). The second-order valence-electron chi connectivity index (χ2n) is 7.09. The average molecular weight is 399 g/mol. The maximum absolute atomic E-state index is 12.3. The molecule has 0 atom stereocenters. The zero-order chi connectivity index (χ0) is 20.5. The van der Waals surface area contributed by atoms with Crippen molar-refractivity contribution in [2.24, 2.45) is 0 Å². The molecular weight excluding hydrogens is 378 g/mol. The summed E-state index contributed by atoms with van der Waals surface area (Å²) in [6, 6.07) is 8.13. The number of fused-ring (bicyclic) bond motifs is 1. The summed E-state index contributed by atoms with van der Waals surface area (Å²) in [6.07, 6.45) is 1.47. The van der Waals surface area contributed by atoms with Crippen molar-refractivity contribution < 1.29 is 14.6 Å². The number of aromatic nitrogens is 3. The predicted octanol–water partition coefficient (Wildman–Crippen LogP) is 3.88. The van der Waals surface area contributed by atoms with Crippen molar-refractivity contribution in [3.8, 4) is 22.8 Å². The van der Waals surface area contributed by atoms with E-state index < -0.39 is 11.6 Å². The lowest BCUT2D eigenvalue weighted by molar-refractivity contribution is 0.216. The minimum Gasteiger partial charge on any atom is -0.504 e. The van der Waals surface area contributed by atoms with Crippen LogP contribution in [0.5, 0.6) is 11.5 Å². The van der Waals surface area contributed by atoms with Gasteiger partial charge in [-0.2, -0.15) is 0 Å². The van der Waals surface area contributed by atoms with Crippen molar-refractivity contribution in [3.05, 3.63) is 36.5 Å². The molecule has 0 fully saturated rings. The first-order chi connectivity index (χ1) is 13.2. The van der Waals surface area contributed by atoms with Crippen molar-refractivity contribution in [2.45, 2.75) is 26.3 Å². The lowest BCUT2D eigenvalue weighted by Gasteiger charge is -2.29. The zero-order valence-electron chi connectivity index (χ0n) is 16.0. The molecular formula is C19H21N5O3S. The number of aromatic hydroxyl groups is 1. The predicted molar refractivity (Wildman–Crippen MR) is 111 cm³/mol. The Balaban J connectivity index is 1.92. The van der Waals surface area contributed by atoms with Gasteiger partial charge in [-0.05, 0) is 51.1 Å². The number of thiol groups is 1. The van der Waals surface area contributed by atoms with E-state index in [-0.39, 0.29) is 11.6 Å². The topological polar surface area (TPSA) is 100 Å². The number of hydrogen-bond donors (Lipinski definition) is 3. The molecule has 0 unspecified atom stereocenters. The van der Waals surface area contributed by atoms with Crippen LogP contribution in [-0.2, 0) is 0 Å². The van der Waals surface area contributed by atoms with Crippen LogP contribution in [-0.4, -0.2) is 43.0 Å². The van der Waals surface area contributed by atoms with Crippen LogP contribution in [0.3, 0.4) is 0 Å². The van der Waals surface area contributed by atoms with Crippen LogP contribution in [0.1, 0.15) is 20.8 Å². The summed E-state index contributed by atoms with van der Waals surface area (Å²) in [4.78, 5) is 25.5. The summed E-state index contributed by atoms with van der Waals surface area (Å²) in [5, 5.41) is 12.4. The molecule has 28 heavy (non-hydrogen) atoms. The third kappa shape index (κ3) is 4.09. The Bertz CT molecular complexity index is 1040. The minimum atomic E-state index is -0.458. The van der Waals surface area contributed by atoms with Gasteiger partial charge in [-0.25, -0.2) is 19.7 Å². The van der Waals surface area contributed by atoms with Gasteiger partial charge in [0.1, 0.15) is 5.52 Å². The monoisotopic (exact) mass is 399 g/mol. The number of ether oxygens (including phenoxy) is 1. The quantitative estimate of drug-likeness (QED) is 0.578. The van der Waals surface area contributed by atoms with Gasteiger partial charge >= 0.3 is 6.03 Å². The summed E-state index contributed by atoms with van der Waals surface area (Å²) in [5.41, 5.74) is 1.90. The van der Waals surface area contributed by atoms with Gasteiger partial charge in [0.05, 0.1) is 19.0 Å². The highest BCUT2D eigenvalue weighted by Crippen LogP contribution is 2.31. The maximum Gasteiger partial charge on any atom is 0.333 e. The number of phenols is 1. The largest absolute Gasteiger partial charge is 0.504 e. The second-order valence-corrected chi connectivity index (χ2v) is 7.49.